The van der Waals surface area contributed by atoms with E-state index in [1.807, 2.05) is 0 Å². The molecule has 140 valence electrons. The lowest BCUT2D eigenvalue weighted by Gasteiger charge is -2.28. The molecule has 2 aromatic carbocycles. The van der Waals surface area contributed by atoms with Crippen molar-refractivity contribution < 1.29 is 21.6 Å². The van der Waals surface area contributed by atoms with Crippen LogP contribution in [0.1, 0.15) is 12.8 Å². The fourth-order valence-electron chi connectivity index (χ4n) is 2.80. The molecule has 0 unspecified atom stereocenters. The third-order valence-electron chi connectivity index (χ3n) is 4.14. The maximum Gasteiger partial charge on any atom is 0.262 e. The molecule has 0 atom stereocenters. The average Bonchev–Trinajstić information content (AvgIpc) is 2.62. The lowest BCUT2D eigenvalue weighted by molar-refractivity contribution is 0.417. The molecular weight excluding hydrogens is 376 g/mol. The van der Waals surface area contributed by atoms with Crippen LogP contribution in [0.5, 0.6) is 5.75 Å². The quantitative estimate of drug-likeness (QED) is 0.838. The normalized spacial score (nSPS) is 16.9. The van der Waals surface area contributed by atoms with Crippen LogP contribution in [0.4, 0.5) is 11.4 Å². The molecule has 1 N–H and O–H groups in total. The Morgan fingerprint density at radius 3 is 2.38 bits per heavy atom. The number of nitrogens with one attached hydrogen (secondary N) is 1. The van der Waals surface area contributed by atoms with Crippen LogP contribution in [0.15, 0.2) is 53.4 Å². The smallest absolute Gasteiger partial charge is 0.262 e. The van der Waals surface area contributed by atoms with Crippen molar-refractivity contribution in [2.75, 3.05) is 28.4 Å². The van der Waals surface area contributed by atoms with Crippen LogP contribution < -0.4 is 13.8 Å². The molecule has 2 aromatic rings. The number of methoxy groups -OCH3 is 1. The number of nitrogens with zero attached hydrogens (tertiary/aromatic N) is 1. The second kappa shape index (κ2) is 7.16. The second-order valence-electron chi connectivity index (χ2n) is 5.89. The van der Waals surface area contributed by atoms with Crippen molar-refractivity contribution >= 4 is 31.4 Å². The molecule has 9 heteroatoms. The molecule has 1 saturated heterocycles. The molecule has 0 spiro atoms. The molecular formula is C17H20N2O5S2. The zero-order chi connectivity index (χ0) is 18.8. The molecule has 0 aliphatic carbocycles. The van der Waals surface area contributed by atoms with Gasteiger partial charge in [0.05, 0.1) is 29.1 Å². The van der Waals surface area contributed by atoms with E-state index in [0.717, 1.165) is 6.42 Å². The SMILES string of the molecule is COc1ccccc1NS(=O)(=O)c1ccc(N2CCCCS2(=O)=O)cc1. The van der Waals surface area contributed by atoms with Crippen molar-refractivity contribution in [3.05, 3.63) is 48.5 Å². The maximum atomic E-state index is 12.6. The van der Waals surface area contributed by atoms with E-state index >= 15 is 0 Å². The van der Waals surface area contributed by atoms with E-state index in [4.69, 9.17) is 4.74 Å². The first-order valence-electron chi connectivity index (χ1n) is 8.10. The zero-order valence-electron chi connectivity index (χ0n) is 14.3. The van der Waals surface area contributed by atoms with Crippen molar-refractivity contribution in [2.45, 2.75) is 17.7 Å². The molecule has 26 heavy (non-hydrogen) atoms. The number of rotatable bonds is 5. The maximum absolute atomic E-state index is 12.6. The molecule has 1 aliphatic rings. The molecule has 0 saturated carbocycles. The van der Waals surface area contributed by atoms with Gasteiger partial charge >= 0.3 is 0 Å². The summed E-state index contributed by atoms with van der Waals surface area (Å²) in [5.74, 6) is 0.523. The van der Waals surface area contributed by atoms with Gasteiger partial charge in [-0.25, -0.2) is 16.8 Å². The van der Waals surface area contributed by atoms with E-state index in [9.17, 15) is 16.8 Å². The first-order chi connectivity index (χ1) is 12.3. The summed E-state index contributed by atoms with van der Waals surface area (Å²) in [6, 6.07) is 12.5. The third kappa shape index (κ3) is 3.78. The largest absolute Gasteiger partial charge is 0.495 e. The van der Waals surface area contributed by atoms with Crippen LogP contribution in [0.2, 0.25) is 0 Å². The summed E-state index contributed by atoms with van der Waals surface area (Å²) in [6.07, 6.45) is 1.43. The van der Waals surface area contributed by atoms with Crippen LogP contribution in [-0.4, -0.2) is 36.2 Å². The topological polar surface area (TPSA) is 92.8 Å². The Morgan fingerprint density at radius 2 is 1.73 bits per heavy atom. The number of benzene rings is 2. The highest BCUT2D eigenvalue weighted by Gasteiger charge is 2.26. The average molecular weight is 396 g/mol. The lowest BCUT2D eigenvalue weighted by atomic mass is 10.3. The van der Waals surface area contributed by atoms with Gasteiger partial charge in [-0.2, -0.15) is 0 Å². The highest BCUT2D eigenvalue weighted by molar-refractivity contribution is 7.93. The lowest BCUT2D eigenvalue weighted by Crippen LogP contribution is -2.37. The van der Waals surface area contributed by atoms with Gasteiger partial charge in [-0.3, -0.25) is 9.03 Å². The van der Waals surface area contributed by atoms with E-state index in [-0.39, 0.29) is 10.6 Å². The Bertz CT molecular complexity index is 986. The Labute approximate surface area is 153 Å². The van der Waals surface area contributed by atoms with Gasteiger partial charge in [-0.05, 0) is 49.2 Å². The molecule has 0 amide bonds. The van der Waals surface area contributed by atoms with Gasteiger partial charge in [-0.1, -0.05) is 12.1 Å². The van der Waals surface area contributed by atoms with E-state index in [0.29, 0.717) is 30.1 Å². The number of anilines is 2. The van der Waals surface area contributed by atoms with Crippen molar-refractivity contribution in [3.8, 4) is 5.75 Å². The summed E-state index contributed by atoms with van der Waals surface area (Å²) in [5, 5.41) is 0. The van der Waals surface area contributed by atoms with E-state index in [2.05, 4.69) is 4.72 Å². The van der Waals surface area contributed by atoms with Crippen LogP contribution >= 0.6 is 0 Å². The molecule has 0 bridgehead atoms. The van der Waals surface area contributed by atoms with Gasteiger partial charge in [0.25, 0.3) is 10.0 Å². The fraction of sp³-hybridized carbons (Fsp3) is 0.294. The van der Waals surface area contributed by atoms with Crippen LogP contribution in [0.25, 0.3) is 0 Å². The fourth-order valence-corrected chi connectivity index (χ4v) is 5.51. The van der Waals surface area contributed by atoms with Gasteiger partial charge in [0.1, 0.15) is 5.75 Å². The summed E-state index contributed by atoms with van der Waals surface area (Å²) in [7, 11) is -5.69. The molecule has 0 aromatic heterocycles. The molecule has 1 fully saturated rings. The highest BCUT2D eigenvalue weighted by atomic mass is 32.2. The minimum Gasteiger partial charge on any atom is -0.495 e. The van der Waals surface area contributed by atoms with Crippen molar-refractivity contribution in [3.63, 3.8) is 0 Å². The third-order valence-corrected chi connectivity index (χ3v) is 7.39. The first kappa shape index (κ1) is 18.5. The number of hydrogen-bond donors (Lipinski definition) is 1. The molecule has 1 heterocycles. The van der Waals surface area contributed by atoms with E-state index in [1.54, 1.807) is 24.3 Å². The van der Waals surface area contributed by atoms with Gasteiger partial charge in [0, 0.05) is 6.54 Å². The Kier molecular flexibility index (Phi) is 5.10. The van der Waals surface area contributed by atoms with Gasteiger partial charge in [0.15, 0.2) is 0 Å². The summed E-state index contributed by atoms with van der Waals surface area (Å²) in [6.45, 7) is 0.411. The monoisotopic (exact) mass is 396 g/mol. The van der Waals surface area contributed by atoms with Gasteiger partial charge in [0.2, 0.25) is 10.0 Å². The van der Waals surface area contributed by atoms with Crippen LogP contribution in [0.3, 0.4) is 0 Å². The first-order valence-corrected chi connectivity index (χ1v) is 11.2. The van der Waals surface area contributed by atoms with Crippen molar-refractivity contribution in [1.82, 2.24) is 0 Å². The molecule has 0 radical (unpaired) electrons. The summed E-state index contributed by atoms with van der Waals surface area (Å²) in [5.41, 5.74) is 0.804. The van der Waals surface area contributed by atoms with E-state index < -0.39 is 20.0 Å². The van der Waals surface area contributed by atoms with Gasteiger partial charge < -0.3 is 4.74 Å². The zero-order valence-corrected chi connectivity index (χ0v) is 15.9. The minimum atomic E-state index is -3.82. The Morgan fingerprint density at radius 1 is 1.04 bits per heavy atom. The minimum absolute atomic E-state index is 0.0431. The molecule has 1 aliphatic heterocycles. The second-order valence-corrected chi connectivity index (χ2v) is 9.59. The number of para-hydroxylation sites is 2. The summed E-state index contributed by atoms with van der Waals surface area (Å²) in [4.78, 5) is 0.0431. The van der Waals surface area contributed by atoms with Gasteiger partial charge in [-0.15, -0.1) is 0 Å². The van der Waals surface area contributed by atoms with Crippen LogP contribution in [0, 0.1) is 0 Å². The van der Waals surface area contributed by atoms with Crippen LogP contribution in [-0.2, 0) is 20.0 Å². The number of ether oxygens (including phenoxy) is 1. The van der Waals surface area contributed by atoms with E-state index in [1.165, 1.54) is 35.7 Å². The van der Waals surface area contributed by atoms with Crippen molar-refractivity contribution in [1.29, 1.82) is 0 Å². The Balaban J connectivity index is 1.85. The number of hydrogen-bond acceptors (Lipinski definition) is 5. The predicted molar refractivity (Wildman–Crippen MR) is 101 cm³/mol. The predicted octanol–water partition coefficient (Wildman–Crippen LogP) is 2.43. The molecule has 7 nitrogen and oxygen atoms in total. The standard InChI is InChI=1S/C17H20N2O5S2/c1-24-17-7-3-2-6-16(17)18-26(22,23)15-10-8-14(9-11-15)19-12-4-5-13-25(19,20)21/h2-3,6-11,18H,4-5,12-13H2,1H3. The number of sulfonamides is 2. The molecule has 3 rings (SSSR count). The summed E-state index contributed by atoms with van der Waals surface area (Å²) >= 11 is 0. The summed E-state index contributed by atoms with van der Waals surface area (Å²) < 4.78 is 58.5. The van der Waals surface area contributed by atoms with Crippen molar-refractivity contribution in [2.24, 2.45) is 0 Å². The highest BCUT2D eigenvalue weighted by Crippen LogP contribution is 2.28. The Hall–Kier alpha value is -2.26.